The molecule has 0 aliphatic carbocycles. The molecule has 6 heteroatoms. The summed E-state index contributed by atoms with van der Waals surface area (Å²) in [5.74, 6) is -0.776. The molecule has 1 fully saturated rings. The summed E-state index contributed by atoms with van der Waals surface area (Å²) >= 11 is 0. The molecule has 0 radical (unpaired) electrons. The highest BCUT2D eigenvalue weighted by Gasteiger charge is 2.48. The third-order valence-corrected chi connectivity index (χ3v) is 5.42. The van der Waals surface area contributed by atoms with Crippen molar-refractivity contribution in [1.82, 2.24) is 0 Å². The molecule has 1 unspecified atom stereocenters. The molecule has 2 aromatic rings. The van der Waals surface area contributed by atoms with E-state index in [4.69, 9.17) is 9.47 Å². The number of benzene rings is 2. The number of methoxy groups -OCH3 is 1. The summed E-state index contributed by atoms with van der Waals surface area (Å²) in [4.78, 5) is 13.2. The van der Waals surface area contributed by atoms with Gasteiger partial charge in [0.25, 0.3) is 0 Å². The second-order valence-electron chi connectivity index (χ2n) is 8.34. The summed E-state index contributed by atoms with van der Waals surface area (Å²) in [6.45, 7) is 7.78. The van der Waals surface area contributed by atoms with Crippen molar-refractivity contribution in [1.29, 1.82) is 0 Å². The first-order valence-electron chi connectivity index (χ1n) is 9.85. The maximum Gasteiger partial charge on any atom is 0.200 e. The van der Waals surface area contributed by atoms with E-state index < -0.39 is 5.78 Å². The molecular weight excluding hydrogens is 384 g/mol. The van der Waals surface area contributed by atoms with Crippen LogP contribution in [0.2, 0.25) is 0 Å². The minimum atomic E-state index is -0.539. The van der Waals surface area contributed by atoms with Gasteiger partial charge in [0.15, 0.2) is 0 Å². The molecular formula is C24H28O6. The molecule has 1 aliphatic rings. The molecule has 160 valence electrons. The van der Waals surface area contributed by atoms with E-state index in [1.165, 1.54) is 31.4 Å². The maximum atomic E-state index is 13.2. The van der Waals surface area contributed by atoms with E-state index in [0.717, 1.165) is 5.57 Å². The van der Waals surface area contributed by atoms with Crippen LogP contribution in [0.3, 0.4) is 0 Å². The molecule has 2 aromatic carbocycles. The molecule has 1 heterocycles. The van der Waals surface area contributed by atoms with Crippen LogP contribution in [0.4, 0.5) is 0 Å². The van der Waals surface area contributed by atoms with Gasteiger partial charge in [0.05, 0.1) is 18.8 Å². The fraction of sp³-hybridized carbons (Fsp3) is 0.375. The largest absolute Gasteiger partial charge is 0.508 e. The smallest absolute Gasteiger partial charge is 0.200 e. The van der Waals surface area contributed by atoms with Gasteiger partial charge in [-0.25, -0.2) is 0 Å². The minimum Gasteiger partial charge on any atom is -0.508 e. The van der Waals surface area contributed by atoms with E-state index in [9.17, 15) is 20.1 Å². The molecule has 0 spiro atoms. The molecule has 3 rings (SSSR count). The van der Waals surface area contributed by atoms with E-state index in [-0.39, 0.29) is 40.1 Å². The van der Waals surface area contributed by atoms with Crippen LogP contribution >= 0.6 is 0 Å². The zero-order chi connectivity index (χ0) is 22.2. The summed E-state index contributed by atoms with van der Waals surface area (Å²) in [6, 6.07) is 5.67. The van der Waals surface area contributed by atoms with Crippen LogP contribution in [0, 0.1) is 0 Å². The van der Waals surface area contributed by atoms with Crippen LogP contribution in [-0.2, 0) is 17.6 Å². The first-order valence-corrected chi connectivity index (χ1v) is 9.85. The van der Waals surface area contributed by atoms with Crippen LogP contribution in [0.5, 0.6) is 23.0 Å². The zero-order valence-corrected chi connectivity index (χ0v) is 17.9. The van der Waals surface area contributed by atoms with E-state index in [1.54, 1.807) is 0 Å². The molecule has 3 N–H and O–H groups in total. The first-order chi connectivity index (χ1) is 14.1. The number of aromatic hydroxyl groups is 3. The summed E-state index contributed by atoms with van der Waals surface area (Å²) in [6.07, 6.45) is 2.48. The summed E-state index contributed by atoms with van der Waals surface area (Å²) in [7, 11) is 1.48. The number of ketones is 1. The van der Waals surface area contributed by atoms with Gasteiger partial charge in [0, 0.05) is 23.1 Å². The normalized spacial score (nSPS) is 16.8. The Balaban J connectivity index is 2.19. The van der Waals surface area contributed by atoms with Crippen molar-refractivity contribution >= 4 is 5.78 Å². The van der Waals surface area contributed by atoms with Gasteiger partial charge in [0.2, 0.25) is 5.78 Å². The second-order valence-corrected chi connectivity index (χ2v) is 8.34. The Kier molecular flexibility index (Phi) is 5.81. The standard InChI is InChI=1S/C24H28O6/c1-13(2)6-11-16-21(27)19(20(26)14-7-9-15(25)10-8-14)22(28)17(23(16)29-5)12-18-24(3,4)30-18/h6-10,18,25,27-28H,11-12H2,1-5H3. The van der Waals surface area contributed by atoms with Crippen molar-refractivity contribution in [2.75, 3.05) is 7.11 Å². The Bertz CT molecular complexity index is 998. The van der Waals surface area contributed by atoms with Crippen LogP contribution in [-0.4, -0.2) is 39.9 Å². The van der Waals surface area contributed by atoms with Gasteiger partial charge in [-0.05, 0) is 58.4 Å². The van der Waals surface area contributed by atoms with Gasteiger partial charge in [-0.15, -0.1) is 0 Å². The molecule has 1 atom stereocenters. The van der Waals surface area contributed by atoms with Crippen molar-refractivity contribution in [3.63, 3.8) is 0 Å². The van der Waals surface area contributed by atoms with Crippen molar-refractivity contribution < 1.29 is 29.6 Å². The number of carbonyl (C=O) groups is 1. The lowest BCUT2D eigenvalue weighted by molar-refractivity contribution is 0.103. The number of allylic oxidation sites excluding steroid dienone is 2. The number of hydrogen-bond donors (Lipinski definition) is 3. The van der Waals surface area contributed by atoms with E-state index in [2.05, 4.69) is 0 Å². The fourth-order valence-corrected chi connectivity index (χ4v) is 3.52. The van der Waals surface area contributed by atoms with Gasteiger partial charge in [0.1, 0.15) is 28.6 Å². The number of phenols is 3. The molecule has 0 amide bonds. The van der Waals surface area contributed by atoms with Crippen LogP contribution in [0.1, 0.15) is 54.7 Å². The zero-order valence-electron chi connectivity index (χ0n) is 17.9. The highest BCUT2D eigenvalue weighted by Crippen LogP contribution is 2.48. The molecule has 1 saturated heterocycles. The van der Waals surface area contributed by atoms with Crippen molar-refractivity contribution in [3.05, 3.63) is 58.2 Å². The van der Waals surface area contributed by atoms with E-state index >= 15 is 0 Å². The Morgan fingerprint density at radius 3 is 2.17 bits per heavy atom. The van der Waals surface area contributed by atoms with Crippen LogP contribution in [0.25, 0.3) is 0 Å². The maximum absolute atomic E-state index is 13.2. The second kappa shape index (κ2) is 8.03. The summed E-state index contributed by atoms with van der Waals surface area (Å²) < 4.78 is 11.2. The van der Waals surface area contributed by atoms with Crippen LogP contribution < -0.4 is 4.74 Å². The number of ether oxygens (including phenoxy) is 2. The lowest BCUT2D eigenvalue weighted by Gasteiger charge is -2.20. The predicted octanol–water partition coefficient (Wildman–Crippen LogP) is 4.27. The van der Waals surface area contributed by atoms with E-state index in [0.29, 0.717) is 29.7 Å². The van der Waals surface area contributed by atoms with Crippen molar-refractivity contribution in [2.24, 2.45) is 0 Å². The number of phenolic OH excluding ortho intramolecular Hbond substituents is 3. The fourth-order valence-electron chi connectivity index (χ4n) is 3.52. The summed E-state index contributed by atoms with van der Waals surface area (Å²) in [5, 5.41) is 31.5. The Labute approximate surface area is 176 Å². The molecule has 6 nitrogen and oxygen atoms in total. The first kappa shape index (κ1) is 21.7. The molecule has 0 saturated carbocycles. The SMILES string of the molecule is COc1c(CC=C(C)C)c(O)c(C(=O)c2ccc(O)cc2)c(O)c1CC1OC1(C)C. The third-order valence-electron chi connectivity index (χ3n) is 5.42. The van der Waals surface area contributed by atoms with Crippen LogP contribution in [0.15, 0.2) is 35.9 Å². The molecule has 0 bridgehead atoms. The lowest BCUT2D eigenvalue weighted by atomic mass is 9.90. The number of hydrogen-bond acceptors (Lipinski definition) is 6. The lowest BCUT2D eigenvalue weighted by Crippen LogP contribution is -2.11. The average Bonchev–Trinajstić information content (AvgIpc) is 3.29. The van der Waals surface area contributed by atoms with Crippen molar-refractivity contribution in [3.8, 4) is 23.0 Å². The average molecular weight is 412 g/mol. The quantitative estimate of drug-likeness (QED) is 0.357. The predicted molar refractivity (Wildman–Crippen MR) is 114 cm³/mol. The van der Waals surface area contributed by atoms with Crippen molar-refractivity contribution in [2.45, 2.75) is 52.2 Å². The van der Waals surface area contributed by atoms with Gasteiger partial charge < -0.3 is 24.8 Å². The van der Waals surface area contributed by atoms with Gasteiger partial charge in [-0.1, -0.05) is 11.6 Å². The van der Waals surface area contributed by atoms with Gasteiger partial charge in [-0.3, -0.25) is 4.79 Å². The topological polar surface area (TPSA) is 99.5 Å². The van der Waals surface area contributed by atoms with Gasteiger partial charge >= 0.3 is 0 Å². The molecule has 1 aliphatic heterocycles. The number of rotatable bonds is 7. The highest BCUT2D eigenvalue weighted by atomic mass is 16.6. The Morgan fingerprint density at radius 1 is 1.10 bits per heavy atom. The Hall–Kier alpha value is -2.99. The molecule has 30 heavy (non-hydrogen) atoms. The number of epoxide rings is 1. The van der Waals surface area contributed by atoms with E-state index in [1.807, 2.05) is 33.8 Å². The highest BCUT2D eigenvalue weighted by molar-refractivity contribution is 6.13. The Morgan fingerprint density at radius 2 is 1.67 bits per heavy atom. The minimum absolute atomic E-state index is 0.0211. The molecule has 0 aromatic heterocycles. The monoisotopic (exact) mass is 412 g/mol. The third kappa shape index (κ3) is 4.14. The summed E-state index contributed by atoms with van der Waals surface area (Å²) in [5.41, 5.74) is 1.66. The number of carbonyl (C=O) groups excluding carboxylic acids is 1. The van der Waals surface area contributed by atoms with Gasteiger partial charge in [-0.2, -0.15) is 0 Å².